The van der Waals surface area contributed by atoms with Gasteiger partial charge in [-0.3, -0.25) is 0 Å². The number of amides is 1. The van der Waals surface area contributed by atoms with Crippen LogP contribution in [-0.2, 0) is 4.74 Å². The number of aromatic carboxylic acids is 1. The summed E-state index contributed by atoms with van der Waals surface area (Å²) in [5, 5.41) is 14.3. The van der Waals surface area contributed by atoms with E-state index in [1.807, 2.05) is 0 Å². The third-order valence-corrected chi connectivity index (χ3v) is 2.07. The van der Waals surface area contributed by atoms with Crippen LogP contribution in [0.5, 0.6) is 0 Å². The van der Waals surface area contributed by atoms with Crippen LogP contribution in [0.3, 0.4) is 0 Å². The van der Waals surface area contributed by atoms with Crippen LogP contribution in [0.15, 0.2) is 18.2 Å². The second kappa shape index (κ2) is 6.74. The Hall–Kier alpha value is -2.31. The molecule has 3 N–H and O–H groups in total. The summed E-state index contributed by atoms with van der Waals surface area (Å²) in [5.74, 6) is -0.642. The summed E-state index contributed by atoms with van der Waals surface area (Å²) in [5.41, 5.74) is -0.565. The van der Waals surface area contributed by atoms with E-state index in [2.05, 4.69) is 15.6 Å². The normalized spacial score (nSPS) is 10.8. The minimum Gasteiger partial charge on any atom is -0.477 e. The first-order chi connectivity index (χ1) is 9.28. The van der Waals surface area contributed by atoms with Crippen LogP contribution in [-0.4, -0.2) is 40.8 Å². The Morgan fingerprint density at radius 2 is 2.00 bits per heavy atom. The van der Waals surface area contributed by atoms with Crippen LogP contribution in [0.25, 0.3) is 0 Å². The maximum absolute atomic E-state index is 11.4. The van der Waals surface area contributed by atoms with Gasteiger partial charge in [0.2, 0.25) is 0 Å². The quantitative estimate of drug-likeness (QED) is 0.710. The highest BCUT2D eigenvalue weighted by Crippen LogP contribution is 2.06. The van der Waals surface area contributed by atoms with E-state index in [1.54, 1.807) is 32.9 Å². The Bertz CT molecular complexity index is 483. The number of anilines is 1. The van der Waals surface area contributed by atoms with Crippen molar-refractivity contribution < 1.29 is 19.4 Å². The molecule has 0 bridgehead atoms. The van der Waals surface area contributed by atoms with E-state index >= 15 is 0 Å². The zero-order valence-corrected chi connectivity index (χ0v) is 11.8. The number of rotatable bonds is 5. The number of ether oxygens (including phenoxy) is 1. The molecule has 0 atom stereocenters. The fraction of sp³-hybridized carbons (Fsp3) is 0.462. The van der Waals surface area contributed by atoms with Crippen molar-refractivity contribution in [2.45, 2.75) is 26.4 Å². The van der Waals surface area contributed by atoms with Gasteiger partial charge in [-0.1, -0.05) is 6.07 Å². The zero-order chi connectivity index (χ0) is 15.2. The lowest BCUT2D eigenvalue weighted by Crippen LogP contribution is -2.35. The highest BCUT2D eigenvalue weighted by atomic mass is 16.6. The summed E-state index contributed by atoms with van der Waals surface area (Å²) in [7, 11) is 0. The van der Waals surface area contributed by atoms with Crippen LogP contribution < -0.4 is 10.6 Å². The molecule has 0 fully saturated rings. The molecule has 0 saturated heterocycles. The standard InChI is InChI=1S/C13H19N3O4/c1-13(2,3)20-12(19)15-8-7-14-10-6-4-5-9(16-10)11(17)18/h4-6H,7-8H2,1-3H3,(H,14,16)(H,15,19)(H,17,18). The molecule has 1 aromatic heterocycles. The lowest BCUT2D eigenvalue weighted by Gasteiger charge is -2.19. The van der Waals surface area contributed by atoms with E-state index < -0.39 is 17.7 Å². The summed E-state index contributed by atoms with van der Waals surface area (Å²) in [4.78, 5) is 26.0. The molecule has 0 unspecified atom stereocenters. The monoisotopic (exact) mass is 281 g/mol. The summed E-state index contributed by atoms with van der Waals surface area (Å²) >= 11 is 0. The zero-order valence-electron chi connectivity index (χ0n) is 11.8. The second-order valence-corrected chi connectivity index (χ2v) is 5.07. The van der Waals surface area contributed by atoms with Crippen molar-refractivity contribution in [3.63, 3.8) is 0 Å². The number of carbonyl (C=O) groups is 2. The van der Waals surface area contributed by atoms with E-state index in [0.717, 1.165) is 0 Å². The molecule has 7 nitrogen and oxygen atoms in total. The van der Waals surface area contributed by atoms with Gasteiger partial charge in [0, 0.05) is 13.1 Å². The lowest BCUT2D eigenvalue weighted by molar-refractivity contribution is 0.0529. The third-order valence-electron chi connectivity index (χ3n) is 2.07. The van der Waals surface area contributed by atoms with Crippen molar-refractivity contribution >= 4 is 17.9 Å². The Balaban J connectivity index is 2.33. The van der Waals surface area contributed by atoms with Gasteiger partial charge in [0.05, 0.1) is 0 Å². The molecule has 0 aliphatic carbocycles. The second-order valence-electron chi connectivity index (χ2n) is 5.07. The van der Waals surface area contributed by atoms with E-state index in [-0.39, 0.29) is 5.69 Å². The van der Waals surface area contributed by atoms with Gasteiger partial charge in [0.1, 0.15) is 11.4 Å². The molecule has 1 rings (SSSR count). The van der Waals surface area contributed by atoms with Crippen molar-refractivity contribution in [1.29, 1.82) is 0 Å². The number of aromatic nitrogens is 1. The Morgan fingerprint density at radius 1 is 1.30 bits per heavy atom. The van der Waals surface area contributed by atoms with Gasteiger partial charge in [-0.25, -0.2) is 14.6 Å². The number of carbonyl (C=O) groups excluding carboxylic acids is 1. The van der Waals surface area contributed by atoms with Gasteiger partial charge in [-0.05, 0) is 32.9 Å². The van der Waals surface area contributed by atoms with Gasteiger partial charge in [-0.15, -0.1) is 0 Å². The summed E-state index contributed by atoms with van der Waals surface area (Å²) < 4.78 is 5.07. The van der Waals surface area contributed by atoms with E-state index in [1.165, 1.54) is 6.07 Å². The Labute approximate surface area is 117 Å². The van der Waals surface area contributed by atoms with Crippen LogP contribution in [0.1, 0.15) is 31.3 Å². The molecule has 110 valence electrons. The van der Waals surface area contributed by atoms with Crippen LogP contribution in [0, 0.1) is 0 Å². The molecule has 0 aliphatic heterocycles. The smallest absolute Gasteiger partial charge is 0.407 e. The maximum atomic E-state index is 11.4. The SMILES string of the molecule is CC(C)(C)OC(=O)NCCNc1cccc(C(=O)O)n1. The number of nitrogens with one attached hydrogen (secondary N) is 2. The maximum Gasteiger partial charge on any atom is 0.407 e. The number of carboxylic acids is 1. The van der Waals surface area contributed by atoms with Crippen LogP contribution in [0.2, 0.25) is 0 Å². The van der Waals surface area contributed by atoms with Gasteiger partial charge < -0.3 is 20.5 Å². The average molecular weight is 281 g/mol. The predicted octanol–water partition coefficient (Wildman–Crippen LogP) is 1.72. The summed E-state index contributed by atoms with van der Waals surface area (Å²) in [6.45, 7) is 6.10. The number of carboxylic acid groups (broad SMARTS) is 1. The van der Waals surface area contributed by atoms with Gasteiger partial charge in [0.15, 0.2) is 5.69 Å². The van der Waals surface area contributed by atoms with Crippen LogP contribution in [0.4, 0.5) is 10.6 Å². The first-order valence-corrected chi connectivity index (χ1v) is 6.19. The molecule has 1 heterocycles. The molecule has 20 heavy (non-hydrogen) atoms. The first kappa shape index (κ1) is 15.7. The molecule has 0 aromatic carbocycles. The summed E-state index contributed by atoms with van der Waals surface area (Å²) in [6.07, 6.45) is -0.494. The average Bonchev–Trinajstić information content (AvgIpc) is 2.33. The van der Waals surface area contributed by atoms with E-state index in [4.69, 9.17) is 9.84 Å². The largest absolute Gasteiger partial charge is 0.477 e. The van der Waals surface area contributed by atoms with Crippen molar-refractivity contribution in [3.8, 4) is 0 Å². The predicted molar refractivity (Wildman–Crippen MR) is 73.9 cm³/mol. The molecule has 0 radical (unpaired) electrons. The van der Waals surface area contributed by atoms with Crippen molar-refractivity contribution in [1.82, 2.24) is 10.3 Å². The molecule has 0 aliphatic rings. The molecule has 0 spiro atoms. The van der Waals surface area contributed by atoms with Gasteiger partial charge in [0.25, 0.3) is 0 Å². The molecule has 1 aromatic rings. The minimum absolute atomic E-state index is 0.0323. The Morgan fingerprint density at radius 3 is 2.60 bits per heavy atom. The number of pyridine rings is 1. The number of hydrogen-bond donors (Lipinski definition) is 3. The van der Waals surface area contributed by atoms with E-state index in [0.29, 0.717) is 18.9 Å². The third kappa shape index (κ3) is 6.03. The summed E-state index contributed by atoms with van der Waals surface area (Å²) in [6, 6.07) is 4.66. The van der Waals surface area contributed by atoms with Crippen LogP contribution >= 0.6 is 0 Å². The van der Waals surface area contributed by atoms with Crippen molar-refractivity contribution in [2.24, 2.45) is 0 Å². The highest BCUT2D eigenvalue weighted by molar-refractivity contribution is 5.85. The number of hydrogen-bond acceptors (Lipinski definition) is 5. The van der Waals surface area contributed by atoms with Crippen molar-refractivity contribution in [2.75, 3.05) is 18.4 Å². The molecule has 7 heteroatoms. The van der Waals surface area contributed by atoms with E-state index in [9.17, 15) is 9.59 Å². The molecular weight excluding hydrogens is 262 g/mol. The highest BCUT2D eigenvalue weighted by Gasteiger charge is 2.15. The minimum atomic E-state index is -1.08. The molecule has 1 amide bonds. The fourth-order valence-corrected chi connectivity index (χ4v) is 1.32. The number of alkyl carbamates (subject to hydrolysis) is 1. The lowest BCUT2D eigenvalue weighted by atomic mass is 10.2. The molecule has 0 saturated carbocycles. The Kier molecular flexibility index (Phi) is 5.31. The van der Waals surface area contributed by atoms with Gasteiger partial charge in [-0.2, -0.15) is 0 Å². The first-order valence-electron chi connectivity index (χ1n) is 6.19. The molecular formula is C13H19N3O4. The number of nitrogens with zero attached hydrogens (tertiary/aromatic N) is 1. The fourth-order valence-electron chi connectivity index (χ4n) is 1.32. The topological polar surface area (TPSA) is 101 Å². The van der Waals surface area contributed by atoms with Gasteiger partial charge >= 0.3 is 12.1 Å². The van der Waals surface area contributed by atoms with Crippen molar-refractivity contribution in [3.05, 3.63) is 23.9 Å².